The summed E-state index contributed by atoms with van der Waals surface area (Å²) in [7, 11) is 0. The minimum absolute atomic E-state index is 0.299. The van der Waals surface area contributed by atoms with Crippen molar-refractivity contribution in [3.05, 3.63) is 89.6 Å². The van der Waals surface area contributed by atoms with Gasteiger partial charge in [0, 0.05) is 16.7 Å². The van der Waals surface area contributed by atoms with E-state index in [2.05, 4.69) is 20.2 Å². The van der Waals surface area contributed by atoms with Crippen LogP contribution in [0.4, 0.5) is 4.39 Å². The summed E-state index contributed by atoms with van der Waals surface area (Å²) >= 11 is 5.95. The van der Waals surface area contributed by atoms with E-state index in [1.54, 1.807) is 18.2 Å². The van der Waals surface area contributed by atoms with Gasteiger partial charge in [-0.2, -0.15) is 9.67 Å². The number of hydrogen-bond donors (Lipinski definition) is 2. The Morgan fingerprint density at radius 3 is 2.69 bits per heavy atom. The Morgan fingerprint density at radius 2 is 1.86 bits per heavy atom. The fraction of sp³-hybridized carbons (Fsp3) is 0.0455. The molecule has 5 nitrogen and oxygen atoms in total. The van der Waals surface area contributed by atoms with Crippen molar-refractivity contribution in [3.8, 4) is 22.6 Å². The Labute approximate surface area is 170 Å². The molecule has 0 radical (unpaired) electrons. The molecule has 2 aromatic carbocycles. The zero-order chi connectivity index (χ0) is 19.8. The maximum Gasteiger partial charge on any atom is 0.195 e. The molecule has 0 bridgehead atoms. The lowest BCUT2D eigenvalue weighted by Gasteiger charge is -1.96. The van der Waals surface area contributed by atoms with Crippen LogP contribution in [-0.4, -0.2) is 20.2 Å². The second-order valence-electron chi connectivity index (χ2n) is 6.77. The summed E-state index contributed by atoms with van der Waals surface area (Å²) in [6.45, 7) is 0.616. The molecule has 0 spiro atoms. The molecule has 5 aromatic rings. The lowest BCUT2D eigenvalue weighted by molar-refractivity contribution is -0.687. The van der Waals surface area contributed by atoms with Crippen LogP contribution in [0.15, 0.2) is 73.1 Å². The number of halogens is 2. The third-order valence-electron chi connectivity index (χ3n) is 4.73. The minimum Gasteiger partial charge on any atom is -0.333 e. The van der Waals surface area contributed by atoms with E-state index in [1.165, 1.54) is 6.07 Å². The van der Waals surface area contributed by atoms with Crippen LogP contribution in [0.2, 0.25) is 5.02 Å². The zero-order valence-electron chi connectivity index (χ0n) is 15.2. The molecule has 0 amide bonds. The van der Waals surface area contributed by atoms with Gasteiger partial charge in [-0.1, -0.05) is 35.9 Å². The molecular formula is C22H16ClFN5+. The van der Waals surface area contributed by atoms with Crippen LogP contribution in [-0.2, 0) is 6.54 Å². The van der Waals surface area contributed by atoms with E-state index in [-0.39, 0.29) is 5.82 Å². The lowest BCUT2D eigenvalue weighted by atomic mass is 10.1. The molecular weight excluding hydrogens is 389 g/mol. The van der Waals surface area contributed by atoms with Gasteiger partial charge < -0.3 is 4.98 Å². The van der Waals surface area contributed by atoms with Crippen molar-refractivity contribution < 1.29 is 8.96 Å². The van der Waals surface area contributed by atoms with Gasteiger partial charge in [-0.15, -0.1) is 0 Å². The number of fused-ring (bicyclic) bond motifs is 1. The van der Waals surface area contributed by atoms with Crippen LogP contribution in [0.1, 0.15) is 5.69 Å². The summed E-state index contributed by atoms with van der Waals surface area (Å²) in [5, 5.41) is 8.16. The first-order chi connectivity index (χ1) is 14.2. The first kappa shape index (κ1) is 17.6. The van der Waals surface area contributed by atoms with Gasteiger partial charge in [-0.3, -0.25) is 5.10 Å². The molecule has 5 rings (SSSR count). The van der Waals surface area contributed by atoms with Crippen molar-refractivity contribution in [1.82, 2.24) is 20.2 Å². The van der Waals surface area contributed by atoms with Crippen LogP contribution >= 0.6 is 11.6 Å². The van der Waals surface area contributed by atoms with E-state index in [0.29, 0.717) is 23.0 Å². The quantitative estimate of drug-likeness (QED) is 0.425. The summed E-state index contributed by atoms with van der Waals surface area (Å²) in [6, 6.07) is 18.1. The predicted molar refractivity (Wildman–Crippen MR) is 110 cm³/mol. The number of hydrogen-bond acceptors (Lipinski definition) is 2. The molecule has 2 N–H and O–H groups in total. The van der Waals surface area contributed by atoms with Gasteiger partial charge in [0.05, 0.1) is 11.3 Å². The highest BCUT2D eigenvalue weighted by atomic mass is 35.5. The van der Waals surface area contributed by atoms with E-state index in [4.69, 9.17) is 11.6 Å². The average Bonchev–Trinajstić information content (AvgIpc) is 3.35. The van der Waals surface area contributed by atoms with Gasteiger partial charge in [0.15, 0.2) is 18.9 Å². The van der Waals surface area contributed by atoms with Gasteiger partial charge >= 0.3 is 0 Å². The maximum atomic E-state index is 14.1. The van der Waals surface area contributed by atoms with Gasteiger partial charge in [-0.05, 0) is 30.3 Å². The first-order valence-corrected chi connectivity index (χ1v) is 9.47. The van der Waals surface area contributed by atoms with Crippen LogP contribution in [0.25, 0.3) is 33.7 Å². The molecule has 0 aliphatic heterocycles. The smallest absolute Gasteiger partial charge is 0.195 e. The van der Waals surface area contributed by atoms with E-state index in [0.717, 1.165) is 28.0 Å². The van der Waals surface area contributed by atoms with E-state index >= 15 is 0 Å². The second kappa shape index (κ2) is 7.14. The van der Waals surface area contributed by atoms with Gasteiger partial charge in [0.2, 0.25) is 0 Å². The number of H-pyrrole nitrogens is 2. The SMILES string of the molecule is Fc1ccccc1-c1nc2cc[n+](Cc3cc(-c4ccc(Cl)cc4)n[nH]3)cc2[nH]1. The highest BCUT2D eigenvalue weighted by Gasteiger charge is 2.14. The van der Waals surface area contributed by atoms with Crippen LogP contribution in [0, 0.1) is 5.82 Å². The van der Waals surface area contributed by atoms with Crippen molar-refractivity contribution in [1.29, 1.82) is 0 Å². The number of nitrogens with one attached hydrogen (secondary N) is 2. The van der Waals surface area contributed by atoms with Gasteiger partial charge in [-0.25, -0.2) is 9.37 Å². The fourth-order valence-corrected chi connectivity index (χ4v) is 3.41. The highest BCUT2D eigenvalue weighted by molar-refractivity contribution is 6.30. The molecule has 3 aromatic heterocycles. The normalized spacial score (nSPS) is 11.2. The van der Waals surface area contributed by atoms with E-state index in [1.807, 2.05) is 53.4 Å². The zero-order valence-corrected chi connectivity index (χ0v) is 16.0. The summed E-state index contributed by atoms with van der Waals surface area (Å²) in [6.07, 6.45) is 3.90. The molecule has 0 aliphatic rings. The third kappa shape index (κ3) is 3.50. The average molecular weight is 405 g/mol. The van der Waals surface area contributed by atoms with Crippen molar-refractivity contribution in [3.63, 3.8) is 0 Å². The second-order valence-corrected chi connectivity index (χ2v) is 7.20. The number of nitrogens with zero attached hydrogens (tertiary/aromatic N) is 3. The number of pyridine rings is 1. The topological polar surface area (TPSA) is 61.2 Å². The van der Waals surface area contributed by atoms with Crippen molar-refractivity contribution in [2.75, 3.05) is 0 Å². The molecule has 0 saturated heterocycles. The number of aromatic nitrogens is 5. The fourth-order valence-electron chi connectivity index (χ4n) is 3.29. The predicted octanol–water partition coefficient (Wildman–Crippen LogP) is 4.75. The summed E-state index contributed by atoms with van der Waals surface area (Å²) < 4.78 is 16.1. The summed E-state index contributed by atoms with van der Waals surface area (Å²) in [5.74, 6) is 0.217. The molecule has 0 fully saturated rings. The summed E-state index contributed by atoms with van der Waals surface area (Å²) in [4.78, 5) is 7.71. The molecule has 0 unspecified atom stereocenters. The monoisotopic (exact) mass is 404 g/mol. The largest absolute Gasteiger partial charge is 0.333 e. The molecule has 0 aliphatic carbocycles. The van der Waals surface area contributed by atoms with Crippen LogP contribution in [0.5, 0.6) is 0 Å². The Morgan fingerprint density at radius 1 is 1.03 bits per heavy atom. The summed E-state index contributed by atoms with van der Waals surface area (Å²) in [5.41, 5.74) is 4.90. The number of aromatic amines is 2. The molecule has 0 atom stereocenters. The Bertz CT molecular complexity index is 1310. The van der Waals surface area contributed by atoms with Crippen molar-refractivity contribution in [2.45, 2.75) is 6.54 Å². The molecule has 7 heteroatoms. The number of imidazole rings is 1. The van der Waals surface area contributed by atoms with Gasteiger partial charge in [0.1, 0.15) is 28.4 Å². The highest BCUT2D eigenvalue weighted by Crippen LogP contribution is 2.22. The first-order valence-electron chi connectivity index (χ1n) is 9.10. The molecule has 3 heterocycles. The Balaban J connectivity index is 1.41. The molecule has 0 saturated carbocycles. The Kier molecular flexibility index (Phi) is 4.33. The molecule has 142 valence electrons. The standard InChI is InChI=1S/C22H15ClFN5/c23-15-7-5-14(6-8-15)20-11-16(27-28-20)12-29-10-9-19-21(13-29)26-22(25-19)17-3-1-2-4-18(17)24/h1-11,13H,12H2,(H,27,28)/p+1. The van der Waals surface area contributed by atoms with E-state index < -0.39 is 0 Å². The minimum atomic E-state index is -0.299. The van der Waals surface area contributed by atoms with Gasteiger partial charge in [0.25, 0.3) is 0 Å². The molecule has 29 heavy (non-hydrogen) atoms. The third-order valence-corrected chi connectivity index (χ3v) is 4.98. The number of rotatable bonds is 4. The van der Waals surface area contributed by atoms with Crippen LogP contribution < -0.4 is 4.57 Å². The van der Waals surface area contributed by atoms with Crippen molar-refractivity contribution >= 4 is 22.6 Å². The Hall–Kier alpha value is -3.51. The number of benzene rings is 2. The van der Waals surface area contributed by atoms with Crippen molar-refractivity contribution in [2.24, 2.45) is 0 Å². The van der Waals surface area contributed by atoms with Crippen LogP contribution in [0.3, 0.4) is 0 Å². The maximum absolute atomic E-state index is 14.1. The lowest BCUT2D eigenvalue weighted by Crippen LogP contribution is -2.33. The van der Waals surface area contributed by atoms with E-state index in [9.17, 15) is 4.39 Å².